The number of carbonyl (C=O) groups excluding carboxylic acids is 1. The van der Waals surface area contributed by atoms with E-state index in [2.05, 4.69) is 15.5 Å². The number of rotatable bonds is 7. The summed E-state index contributed by atoms with van der Waals surface area (Å²) in [6, 6.07) is 10.9. The average molecular weight is 419 g/mol. The van der Waals surface area contributed by atoms with Gasteiger partial charge in [-0.1, -0.05) is 35.5 Å². The van der Waals surface area contributed by atoms with Crippen LogP contribution in [-0.2, 0) is 11.8 Å². The van der Waals surface area contributed by atoms with Gasteiger partial charge in [0.15, 0.2) is 16.7 Å². The number of hydrogen-bond donors (Lipinski definition) is 2. The summed E-state index contributed by atoms with van der Waals surface area (Å²) < 4.78 is 7.26. The third kappa shape index (κ3) is 4.58. The van der Waals surface area contributed by atoms with E-state index in [1.807, 2.05) is 35.9 Å². The number of aryl methyl sites for hydroxylation is 1. The number of para-hydroxylation sites is 2. The second-order valence-electron chi connectivity index (χ2n) is 5.81. The van der Waals surface area contributed by atoms with Crippen LogP contribution < -0.4 is 10.2 Å². The smallest absolute Gasteiger partial charge is 0.250 e. The molecule has 0 saturated heterocycles. The molecule has 0 spiro atoms. The third-order valence-corrected chi connectivity index (χ3v) is 5.15. The minimum Gasteiger partial charge on any atom is -0.503 e. The van der Waals surface area contributed by atoms with Crippen molar-refractivity contribution in [2.24, 2.45) is 12.1 Å². The van der Waals surface area contributed by atoms with Crippen molar-refractivity contribution in [1.29, 1.82) is 0 Å². The number of nitrogens with zero attached hydrogens (tertiary/aromatic N) is 3. The highest BCUT2D eigenvalue weighted by Gasteiger charge is 2.11. The van der Waals surface area contributed by atoms with Gasteiger partial charge in [-0.05, 0) is 36.8 Å². The van der Waals surface area contributed by atoms with Crippen LogP contribution in [0.1, 0.15) is 12.5 Å². The highest BCUT2D eigenvalue weighted by molar-refractivity contribution is 7.99. The average Bonchev–Trinajstić information content (AvgIpc) is 3.00. The molecule has 0 atom stereocenters. The minimum atomic E-state index is -0.261. The zero-order valence-corrected chi connectivity index (χ0v) is 16.9. The number of thioether (sulfide) groups is 1. The Morgan fingerprint density at radius 2 is 2.21 bits per heavy atom. The molecule has 0 saturated carbocycles. The first-order valence-electron chi connectivity index (χ1n) is 8.51. The molecular weight excluding hydrogens is 400 g/mol. The Morgan fingerprint density at radius 3 is 2.96 bits per heavy atom. The lowest BCUT2D eigenvalue weighted by atomic mass is 10.2. The molecule has 0 aliphatic heterocycles. The highest BCUT2D eigenvalue weighted by atomic mass is 35.5. The number of fused-ring (bicyclic) bond motifs is 1. The summed E-state index contributed by atoms with van der Waals surface area (Å²) in [7, 11) is 1.91. The number of amides is 1. The van der Waals surface area contributed by atoms with Crippen molar-refractivity contribution < 1.29 is 14.6 Å². The number of hydrogen-bond acceptors (Lipinski definition) is 6. The van der Waals surface area contributed by atoms with Crippen LogP contribution in [-0.4, -0.2) is 39.1 Å². The molecule has 0 aliphatic carbocycles. The number of aromatic hydroxyl groups is 1. The van der Waals surface area contributed by atoms with Crippen LogP contribution in [0, 0.1) is 0 Å². The van der Waals surface area contributed by atoms with E-state index in [1.165, 1.54) is 24.0 Å². The van der Waals surface area contributed by atoms with Crippen LogP contribution in [0.25, 0.3) is 11.0 Å². The fraction of sp³-hybridized carbons (Fsp3) is 0.211. The Labute approximate surface area is 171 Å². The molecule has 0 aliphatic rings. The van der Waals surface area contributed by atoms with Crippen LogP contribution in [0.2, 0.25) is 5.02 Å². The number of halogens is 1. The number of ether oxygens (including phenoxy) is 1. The summed E-state index contributed by atoms with van der Waals surface area (Å²) in [5.41, 5.74) is 4.96. The Hall–Kier alpha value is -2.71. The quantitative estimate of drug-likeness (QED) is 0.348. The molecule has 0 bridgehead atoms. The van der Waals surface area contributed by atoms with Gasteiger partial charge in [0.05, 0.1) is 34.6 Å². The molecule has 1 heterocycles. The Bertz CT molecular complexity index is 1040. The van der Waals surface area contributed by atoms with Crippen molar-refractivity contribution in [2.75, 3.05) is 12.4 Å². The van der Waals surface area contributed by atoms with E-state index < -0.39 is 0 Å². The first-order valence-corrected chi connectivity index (χ1v) is 9.87. The topological polar surface area (TPSA) is 88.7 Å². The molecule has 28 heavy (non-hydrogen) atoms. The summed E-state index contributed by atoms with van der Waals surface area (Å²) in [4.78, 5) is 16.6. The van der Waals surface area contributed by atoms with Gasteiger partial charge in [-0.15, -0.1) is 0 Å². The van der Waals surface area contributed by atoms with Gasteiger partial charge in [0.2, 0.25) is 0 Å². The summed E-state index contributed by atoms with van der Waals surface area (Å²) in [5, 5.41) is 14.7. The standard InChI is InChI=1S/C19H19ClN4O3S/c1-3-27-16-9-12(8-13(20)18(16)26)10-21-23-17(25)11-28-19-22-14-6-4-5-7-15(14)24(19)2/h4-10,26H,3,11H2,1-2H3,(H,23,25)/b21-10-. The number of imidazole rings is 1. The van der Waals surface area contributed by atoms with E-state index in [0.717, 1.165) is 16.2 Å². The number of phenolic OH excluding ortho intramolecular Hbond substituents is 1. The Morgan fingerprint density at radius 1 is 1.43 bits per heavy atom. The summed E-state index contributed by atoms with van der Waals surface area (Å²) in [6.45, 7) is 2.19. The van der Waals surface area contributed by atoms with Crippen LogP contribution in [0.3, 0.4) is 0 Å². The van der Waals surface area contributed by atoms with Gasteiger partial charge in [-0.25, -0.2) is 10.4 Å². The molecule has 9 heteroatoms. The van der Waals surface area contributed by atoms with E-state index in [-0.39, 0.29) is 28.2 Å². The van der Waals surface area contributed by atoms with E-state index in [4.69, 9.17) is 16.3 Å². The molecule has 7 nitrogen and oxygen atoms in total. The lowest BCUT2D eigenvalue weighted by Gasteiger charge is -2.08. The van der Waals surface area contributed by atoms with Gasteiger partial charge in [0, 0.05) is 7.05 Å². The van der Waals surface area contributed by atoms with Gasteiger partial charge < -0.3 is 14.4 Å². The number of carbonyl (C=O) groups is 1. The Balaban J connectivity index is 1.59. The molecule has 1 amide bonds. The zero-order valence-electron chi connectivity index (χ0n) is 15.3. The minimum absolute atomic E-state index is 0.122. The van der Waals surface area contributed by atoms with Crippen molar-refractivity contribution in [3.8, 4) is 11.5 Å². The molecule has 3 aromatic rings. The summed E-state index contributed by atoms with van der Waals surface area (Å²) >= 11 is 7.30. The second kappa shape index (κ2) is 8.99. The maximum Gasteiger partial charge on any atom is 0.250 e. The van der Waals surface area contributed by atoms with Gasteiger partial charge in [-0.3, -0.25) is 4.79 Å². The van der Waals surface area contributed by atoms with E-state index in [1.54, 1.807) is 13.0 Å². The maximum absolute atomic E-state index is 12.1. The summed E-state index contributed by atoms with van der Waals surface area (Å²) in [6.07, 6.45) is 1.44. The van der Waals surface area contributed by atoms with Crippen molar-refractivity contribution in [2.45, 2.75) is 12.1 Å². The number of nitrogens with one attached hydrogen (secondary N) is 1. The fourth-order valence-corrected chi connectivity index (χ4v) is 3.53. The molecule has 1 aromatic heterocycles. The van der Waals surface area contributed by atoms with E-state index in [0.29, 0.717) is 12.2 Å². The molecule has 0 radical (unpaired) electrons. The Kier molecular flexibility index (Phi) is 6.43. The second-order valence-corrected chi connectivity index (χ2v) is 7.16. The third-order valence-electron chi connectivity index (χ3n) is 3.83. The number of aromatic nitrogens is 2. The van der Waals surface area contributed by atoms with Crippen LogP contribution in [0.4, 0.5) is 0 Å². The molecule has 0 unspecified atom stereocenters. The monoisotopic (exact) mass is 418 g/mol. The van der Waals surface area contributed by atoms with E-state index >= 15 is 0 Å². The molecule has 3 rings (SSSR count). The highest BCUT2D eigenvalue weighted by Crippen LogP contribution is 2.34. The number of phenols is 1. The van der Waals surface area contributed by atoms with Gasteiger partial charge in [0.25, 0.3) is 5.91 Å². The molecule has 2 N–H and O–H groups in total. The molecular formula is C19H19ClN4O3S. The van der Waals surface area contributed by atoms with Crippen molar-refractivity contribution in [3.63, 3.8) is 0 Å². The lowest BCUT2D eigenvalue weighted by molar-refractivity contribution is -0.118. The van der Waals surface area contributed by atoms with Crippen LogP contribution in [0.5, 0.6) is 11.5 Å². The van der Waals surface area contributed by atoms with Crippen molar-refractivity contribution in [1.82, 2.24) is 15.0 Å². The number of benzene rings is 2. The fourth-order valence-electron chi connectivity index (χ4n) is 2.53. The zero-order chi connectivity index (χ0) is 20.1. The van der Waals surface area contributed by atoms with Crippen LogP contribution >= 0.6 is 23.4 Å². The van der Waals surface area contributed by atoms with Gasteiger partial charge in [0.1, 0.15) is 0 Å². The normalized spacial score (nSPS) is 11.2. The maximum atomic E-state index is 12.1. The van der Waals surface area contributed by atoms with Crippen molar-refractivity contribution >= 4 is 46.5 Å². The molecule has 0 fully saturated rings. The largest absolute Gasteiger partial charge is 0.503 e. The predicted octanol–water partition coefficient (Wildman–Crippen LogP) is 3.57. The first-order chi connectivity index (χ1) is 13.5. The van der Waals surface area contributed by atoms with Crippen molar-refractivity contribution in [3.05, 3.63) is 47.0 Å². The predicted molar refractivity (Wildman–Crippen MR) is 111 cm³/mol. The summed E-state index contributed by atoms with van der Waals surface area (Å²) in [5.74, 6) is 0.0571. The van der Waals surface area contributed by atoms with E-state index in [9.17, 15) is 9.90 Å². The first kappa shape index (κ1) is 20.0. The lowest BCUT2D eigenvalue weighted by Crippen LogP contribution is -2.19. The molecule has 146 valence electrons. The van der Waals surface area contributed by atoms with Crippen LogP contribution in [0.15, 0.2) is 46.7 Å². The van der Waals surface area contributed by atoms with Gasteiger partial charge in [-0.2, -0.15) is 5.10 Å². The van der Waals surface area contributed by atoms with Gasteiger partial charge >= 0.3 is 0 Å². The SMILES string of the molecule is CCOc1cc(/C=N\NC(=O)CSc2nc3ccccc3n2C)cc(Cl)c1O. The number of hydrazone groups is 1. The molecule has 2 aromatic carbocycles.